The normalized spacial score (nSPS) is 10.9. The maximum absolute atomic E-state index is 12.5. The molecule has 5 nitrogen and oxygen atoms in total. The monoisotopic (exact) mass is 409 g/mol. The third kappa shape index (κ3) is 4.90. The fourth-order valence-corrected chi connectivity index (χ4v) is 3.21. The number of hydrogen-bond donors (Lipinski definition) is 1. The Kier molecular flexibility index (Phi) is 5.94. The zero-order valence-electron chi connectivity index (χ0n) is 17.4. The summed E-state index contributed by atoms with van der Waals surface area (Å²) in [7, 11) is 0. The van der Waals surface area contributed by atoms with E-state index in [1.54, 1.807) is 23.0 Å². The van der Waals surface area contributed by atoms with E-state index in [1.807, 2.05) is 92.7 Å². The highest BCUT2D eigenvalue weighted by Crippen LogP contribution is 2.24. The zero-order chi connectivity index (χ0) is 21.6. The van der Waals surface area contributed by atoms with Crippen molar-refractivity contribution in [3.63, 3.8) is 0 Å². The van der Waals surface area contributed by atoms with Crippen LogP contribution in [0.4, 0.5) is 5.69 Å². The van der Waals surface area contributed by atoms with Crippen molar-refractivity contribution < 1.29 is 9.53 Å². The van der Waals surface area contributed by atoms with Crippen molar-refractivity contribution >= 4 is 17.8 Å². The molecule has 4 rings (SSSR count). The van der Waals surface area contributed by atoms with Crippen LogP contribution in [0.3, 0.4) is 0 Å². The number of rotatable bonds is 6. The Balaban J connectivity index is 1.45. The number of nitrogens with one attached hydrogen (secondary N) is 1. The summed E-state index contributed by atoms with van der Waals surface area (Å²) in [6, 6.07) is 28.4. The molecule has 0 spiro atoms. The second-order valence-electron chi connectivity index (χ2n) is 7.14. The Morgan fingerprint density at radius 3 is 2.16 bits per heavy atom. The molecule has 0 radical (unpaired) electrons. The fourth-order valence-electron chi connectivity index (χ4n) is 3.21. The zero-order valence-corrected chi connectivity index (χ0v) is 17.4. The number of amides is 1. The Hall–Kier alpha value is -4.12. The van der Waals surface area contributed by atoms with Gasteiger partial charge in [-0.3, -0.25) is 19.9 Å². The maximum Gasteiger partial charge on any atom is 0.270 e. The SMILES string of the molecule is Cc1cc(C=Nc2ccc(Oc3ccccc3)cc2)c(C)n1NC(=O)c1ccccc1. The number of para-hydroxylation sites is 1. The van der Waals surface area contributed by atoms with Gasteiger partial charge in [-0.15, -0.1) is 0 Å². The molecule has 31 heavy (non-hydrogen) atoms. The summed E-state index contributed by atoms with van der Waals surface area (Å²) in [5.74, 6) is 1.40. The molecule has 0 aliphatic carbocycles. The molecule has 4 aromatic rings. The molecular weight excluding hydrogens is 386 g/mol. The van der Waals surface area contributed by atoms with Crippen LogP contribution in [0.1, 0.15) is 27.3 Å². The third-order valence-electron chi connectivity index (χ3n) is 4.89. The molecule has 0 saturated heterocycles. The van der Waals surface area contributed by atoms with Gasteiger partial charge in [0.05, 0.1) is 5.69 Å². The maximum atomic E-state index is 12.5. The van der Waals surface area contributed by atoms with E-state index >= 15 is 0 Å². The number of ether oxygens (including phenoxy) is 1. The molecule has 0 atom stereocenters. The number of hydrogen-bond acceptors (Lipinski definition) is 3. The number of carbonyl (C=O) groups is 1. The van der Waals surface area contributed by atoms with Crippen molar-refractivity contribution in [3.8, 4) is 11.5 Å². The molecule has 1 N–H and O–H groups in total. The molecule has 0 aliphatic heterocycles. The smallest absolute Gasteiger partial charge is 0.270 e. The van der Waals surface area contributed by atoms with Crippen LogP contribution in [-0.4, -0.2) is 16.8 Å². The Bertz CT molecular complexity index is 1190. The van der Waals surface area contributed by atoms with Crippen LogP contribution in [0, 0.1) is 13.8 Å². The van der Waals surface area contributed by atoms with Gasteiger partial charge in [0.1, 0.15) is 11.5 Å². The van der Waals surface area contributed by atoms with Crippen molar-refractivity contribution in [2.75, 3.05) is 5.43 Å². The molecule has 1 aromatic heterocycles. The summed E-state index contributed by atoms with van der Waals surface area (Å²) in [4.78, 5) is 17.1. The van der Waals surface area contributed by atoms with E-state index in [0.29, 0.717) is 5.56 Å². The summed E-state index contributed by atoms with van der Waals surface area (Å²) >= 11 is 0. The molecule has 0 bridgehead atoms. The summed E-state index contributed by atoms with van der Waals surface area (Å²) in [5, 5.41) is 0. The van der Waals surface area contributed by atoms with Crippen LogP contribution < -0.4 is 10.2 Å². The van der Waals surface area contributed by atoms with Gasteiger partial charge in [-0.25, -0.2) is 0 Å². The van der Waals surface area contributed by atoms with Crippen LogP contribution in [-0.2, 0) is 0 Å². The lowest BCUT2D eigenvalue weighted by Gasteiger charge is -2.11. The van der Waals surface area contributed by atoms with E-state index in [-0.39, 0.29) is 5.91 Å². The average Bonchev–Trinajstić information content (AvgIpc) is 3.07. The van der Waals surface area contributed by atoms with E-state index < -0.39 is 0 Å². The second kappa shape index (κ2) is 9.13. The average molecular weight is 409 g/mol. The van der Waals surface area contributed by atoms with Gasteiger partial charge in [-0.1, -0.05) is 36.4 Å². The van der Waals surface area contributed by atoms with Gasteiger partial charge in [0.15, 0.2) is 0 Å². The van der Waals surface area contributed by atoms with Crippen molar-refractivity contribution in [3.05, 3.63) is 114 Å². The molecule has 0 unspecified atom stereocenters. The van der Waals surface area contributed by atoms with E-state index in [2.05, 4.69) is 10.4 Å². The molecule has 0 saturated carbocycles. The second-order valence-corrected chi connectivity index (χ2v) is 7.14. The standard InChI is InChI=1S/C26H23N3O2/c1-19-17-22(20(2)29(19)28-26(30)21-9-5-3-6-10-21)18-27-23-13-15-25(16-14-23)31-24-11-7-4-8-12-24/h3-18H,1-2H3,(H,28,30). The van der Waals surface area contributed by atoms with E-state index in [9.17, 15) is 4.79 Å². The minimum absolute atomic E-state index is 0.153. The molecule has 1 amide bonds. The first kappa shape index (κ1) is 20.2. The van der Waals surface area contributed by atoms with E-state index in [1.165, 1.54) is 0 Å². The quantitative estimate of drug-likeness (QED) is 0.395. The molecule has 3 aromatic carbocycles. The Labute approximate surface area is 181 Å². The molecule has 154 valence electrons. The van der Waals surface area contributed by atoms with Gasteiger partial charge in [-0.2, -0.15) is 0 Å². The molecule has 0 aliphatic rings. The van der Waals surface area contributed by atoms with Crippen molar-refractivity contribution in [1.82, 2.24) is 4.68 Å². The number of aryl methyl sites for hydroxylation is 1. The predicted molar refractivity (Wildman–Crippen MR) is 124 cm³/mol. The minimum atomic E-state index is -0.153. The highest BCUT2D eigenvalue weighted by atomic mass is 16.5. The van der Waals surface area contributed by atoms with Crippen LogP contribution in [0.25, 0.3) is 0 Å². The lowest BCUT2D eigenvalue weighted by molar-refractivity contribution is 0.101. The van der Waals surface area contributed by atoms with Crippen LogP contribution >= 0.6 is 0 Å². The van der Waals surface area contributed by atoms with Gasteiger partial charge in [0, 0.05) is 28.7 Å². The number of benzene rings is 3. The summed E-state index contributed by atoms with van der Waals surface area (Å²) in [6.07, 6.45) is 1.81. The largest absolute Gasteiger partial charge is 0.457 e. The highest BCUT2D eigenvalue weighted by molar-refractivity contribution is 6.00. The first-order valence-electron chi connectivity index (χ1n) is 10.0. The first-order valence-corrected chi connectivity index (χ1v) is 10.0. The highest BCUT2D eigenvalue weighted by Gasteiger charge is 2.11. The van der Waals surface area contributed by atoms with Gasteiger partial charge < -0.3 is 4.74 Å². The van der Waals surface area contributed by atoms with Crippen molar-refractivity contribution in [2.45, 2.75) is 13.8 Å². The topological polar surface area (TPSA) is 55.6 Å². The number of nitrogens with zero attached hydrogens (tertiary/aromatic N) is 2. The number of aromatic nitrogens is 1. The predicted octanol–water partition coefficient (Wildman–Crippen LogP) is 6.03. The van der Waals surface area contributed by atoms with Gasteiger partial charge in [0.2, 0.25) is 0 Å². The van der Waals surface area contributed by atoms with Crippen LogP contribution in [0.5, 0.6) is 11.5 Å². The van der Waals surface area contributed by atoms with Crippen LogP contribution in [0.2, 0.25) is 0 Å². The first-order chi connectivity index (χ1) is 15.1. The molecule has 1 heterocycles. The summed E-state index contributed by atoms with van der Waals surface area (Å²) in [5.41, 5.74) is 7.15. The number of carbonyl (C=O) groups excluding carboxylic acids is 1. The summed E-state index contributed by atoms with van der Waals surface area (Å²) in [6.45, 7) is 3.90. The van der Waals surface area contributed by atoms with Gasteiger partial charge >= 0.3 is 0 Å². The fraction of sp³-hybridized carbons (Fsp3) is 0.0769. The lowest BCUT2D eigenvalue weighted by atomic mass is 10.2. The lowest BCUT2D eigenvalue weighted by Crippen LogP contribution is -2.24. The Morgan fingerprint density at radius 1 is 0.871 bits per heavy atom. The summed E-state index contributed by atoms with van der Waals surface area (Å²) < 4.78 is 7.60. The van der Waals surface area contributed by atoms with E-state index in [0.717, 1.165) is 34.1 Å². The molecule has 5 heteroatoms. The third-order valence-corrected chi connectivity index (χ3v) is 4.89. The molecular formula is C26H23N3O2. The molecule has 0 fully saturated rings. The Morgan fingerprint density at radius 2 is 1.48 bits per heavy atom. The minimum Gasteiger partial charge on any atom is -0.457 e. The van der Waals surface area contributed by atoms with Gasteiger partial charge in [-0.05, 0) is 68.4 Å². The van der Waals surface area contributed by atoms with Crippen molar-refractivity contribution in [2.24, 2.45) is 4.99 Å². The van der Waals surface area contributed by atoms with Crippen molar-refractivity contribution in [1.29, 1.82) is 0 Å². The van der Waals surface area contributed by atoms with Gasteiger partial charge in [0.25, 0.3) is 5.91 Å². The van der Waals surface area contributed by atoms with E-state index in [4.69, 9.17) is 4.74 Å². The number of aliphatic imine (C=N–C) groups is 1. The van der Waals surface area contributed by atoms with Crippen LogP contribution in [0.15, 0.2) is 96.0 Å².